The highest BCUT2D eigenvalue weighted by atomic mass is 16.5. The third-order valence-electron chi connectivity index (χ3n) is 3.90. The molecule has 0 saturated heterocycles. The first-order valence-electron chi connectivity index (χ1n) is 5.83. The molecule has 16 heavy (non-hydrogen) atoms. The number of benzene rings is 1. The summed E-state index contributed by atoms with van der Waals surface area (Å²) >= 11 is 0. The lowest BCUT2D eigenvalue weighted by atomic mass is 9.63. The predicted molar refractivity (Wildman–Crippen MR) is 63.2 cm³/mol. The van der Waals surface area contributed by atoms with E-state index in [9.17, 15) is 4.79 Å². The van der Waals surface area contributed by atoms with Gasteiger partial charge in [-0.15, -0.1) is 0 Å². The van der Waals surface area contributed by atoms with E-state index >= 15 is 0 Å². The highest BCUT2D eigenvalue weighted by molar-refractivity contribution is 5.83. The molecule has 1 atom stereocenters. The quantitative estimate of drug-likeness (QED) is 0.729. The Hall–Kier alpha value is -1.31. The van der Waals surface area contributed by atoms with E-state index in [1.807, 2.05) is 37.3 Å². The van der Waals surface area contributed by atoms with Crippen LogP contribution in [0.3, 0.4) is 0 Å². The van der Waals surface area contributed by atoms with Gasteiger partial charge in [0.2, 0.25) is 0 Å². The first-order valence-corrected chi connectivity index (χ1v) is 5.83. The molecule has 1 aromatic rings. The van der Waals surface area contributed by atoms with Crippen LogP contribution in [-0.4, -0.2) is 13.1 Å². The Bertz CT molecular complexity index is 368. The van der Waals surface area contributed by atoms with Crippen molar-refractivity contribution < 1.29 is 9.53 Å². The van der Waals surface area contributed by atoms with Crippen molar-refractivity contribution in [2.75, 3.05) is 7.11 Å². The van der Waals surface area contributed by atoms with Crippen molar-refractivity contribution in [3.8, 4) is 0 Å². The van der Waals surface area contributed by atoms with Gasteiger partial charge in [0.25, 0.3) is 0 Å². The Morgan fingerprint density at radius 2 is 1.94 bits per heavy atom. The van der Waals surface area contributed by atoms with Crippen LogP contribution in [0.1, 0.15) is 31.7 Å². The molecule has 2 rings (SSSR count). The van der Waals surface area contributed by atoms with E-state index < -0.39 is 5.41 Å². The van der Waals surface area contributed by atoms with Crippen LogP contribution in [0.2, 0.25) is 0 Å². The number of methoxy groups -OCH3 is 1. The van der Waals surface area contributed by atoms with Crippen molar-refractivity contribution in [3.63, 3.8) is 0 Å². The fraction of sp³-hybridized carbons (Fsp3) is 0.500. The van der Waals surface area contributed by atoms with Crippen LogP contribution >= 0.6 is 0 Å². The minimum Gasteiger partial charge on any atom is -0.468 e. The maximum Gasteiger partial charge on any atom is 0.316 e. The summed E-state index contributed by atoms with van der Waals surface area (Å²) in [7, 11) is 1.47. The van der Waals surface area contributed by atoms with Crippen LogP contribution in [0, 0.1) is 5.92 Å². The molecule has 1 unspecified atom stereocenters. The van der Waals surface area contributed by atoms with Crippen LogP contribution in [0.25, 0.3) is 0 Å². The van der Waals surface area contributed by atoms with Crippen LogP contribution in [0.15, 0.2) is 30.3 Å². The Morgan fingerprint density at radius 1 is 1.31 bits per heavy atom. The fourth-order valence-corrected chi connectivity index (χ4v) is 2.50. The van der Waals surface area contributed by atoms with Gasteiger partial charge in [0.05, 0.1) is 12.5 Å². The summed E-state index contributed by atoms with van der Waals surface area (Å²) in [6.07, 6.45) is 3.48. The first-order chi connectivity index (χ1) is 7.69. The van der Waals surface area contributed by atoms with E-state index in [4.69, 9.17) is 4.74 Å². The Balaban J connectivity index is 2.37. The van der Waals surface area contributed by atoms with Crippen molar-refractivity contribution in [2.45, 2.75) is 31.6 Å². The van der Waals surface area contributed by atoms with Crippen molar-refractivity contribution in [1.29, 1.82) is 0 Å². The molecule has 0 aromatic heterocycles. The van der Waals surface area contributed by atoms with E-state index in [0.29, 0.717) is 5.92 Å². The van der Waals surface area contributed by atoms with Crippen molar-refractivity contribution >= 4 is 5.97 Å². The number of rotatable bonds is 3. The van der Waals surface area contributed by atoms with Gasteiger partial charge >= 0.3 is 5.97 Å². The molecule has 1 aliphatic rings. The molecule has 2 heteroatoms. The van der Waals surface area contributed by atoms with Crippen LogP contribution in [-0.2, 0) is 14.9 Å². The number of hydrogen-bond donors (Lipinski definition) is 0. The molecule has 0 radical (unpaired) electrons. The summed E-state index contributed by atoms with van der Waals surface area (Å²) in [5.74, 6) is 0.325. The lowest BCUT2D eigenvalue weighted by Gasteiger charge is -2.41. The molecule has 0 bridgehead atoms. The average Bonchev–Trinajstić information content (AvgIpc) is 2.26. The topological polar surface area (TPSA) is 26.3 Å². The number of ether oxygens (including phenoxy) is 1. The molecule has 0 aliphatic heterocycles. The highest BCUT2D eigenvalue weighted by Gasteiger charge is 2.46. The standard InChI is InChI=1S/C14H18O2/c1-14(13(15)16-2,12-9-6-10-12)11-7-4-3-5-8-11/h3-5,7-8,12H,6,9-10H2,1-2H3. The number of esters is 1. The molecule has 1 saturated carbocycles. The molecule has 2 nitrogen and oxygen atoms in total. The molecule has 1 aromatic carbocycles. The molecule has 86 valence electrons. The lowest BCUT2D eigenvalue weighted by Crippen LogP contribution is -2.44. The molecular formula is C14H18O2. The minimum atomic E-state index is -0.464. The van der Waals surface area contributed by atoms with Crippen molar-refractivity contribution in [1.82, 2.24) is 0 Å². The summed E-state index contributed by atoms with van der Waals surface area (Å²) in [5, 5.41) is 0. The van der Waals surface area contributed by atoms with E-state index in [0.717, 1.165) is 18.4 Å². The van der Waals surface area contributed by atoms with E-state index in [1.54, 1.807) is 0 Å². The average molecular weight is 218 g/mol. The zero-order chi connectivity index (χ0) is 11.6. The normalized spacial score (nSPS) is 19.6. The third-order valence-corrected chi connectivity index (χ3v) is 3.90. The highest BCUT2D eigenvalue weighted by Crippen LogP contribution is 2.44. The van der Waals surface area contributed by atoms with Gasteiger partial charge in [-0.1, -0.05) is 36.8 Å². The number of carbonyl (C=O) groups is 1. The second-order valence-electron chi connectivity index (χ2n) is 4.69. The molecule has 1 fully saturated rings. The van der Waals surface area contributed by atoms with Gasteiger partial charge in [0.15, 0.2) is 0 Å². The largest absolute Gasteiger partial charge is 0.468 e. The SMILES string of the molecule is COC(=O)C(C)(c1ccccc1)C1CCC1. The summed E-state index contributed by atoms with van der Waals surface area (Å²) < 4.78 is 4.99. The van der Waals surface area contributed by atoms with Gasteiger partial charge in [0.1, 0.15) is 0 Å². The molecule has 0 spiro atoms. The second kappa shape index (κ2) is 4.28. The van der Waals surface area contributed by atoms with Gasteiger partial charge in [0, 0.05) is 0 Å². The summed E-state index contributed by atoms with van der Waals surface area (Å²) in [6.45, 7) is 2.01. The van der Waals surface area contributed by atoms with Gasteiger partial charge < -0.3 is 4.74 Å². The maximum atomic E-state index is 12.0. The monoisotopic (exact) mass is 218 g/mol. The third kappa shape index (κ3) is 1.62. The van der Waals surface area contributed by atoms with Gasteiger partial charge in [-0.25, -0.2) is 0 Å². The van der Waals surface area contributed by atoms with Crippen LogP contribution < -0.4 is 0 Å². The van der Waals surface area contributed by atoms with Gasteiger partial charge in [-0.05, 0) is 31.2 Å². The first kappa shape index (κ1) is 11.2. The zero-order valence-corrected chi connectivity index (χ0v) is 9.90. The zero-order valence-electron chi connectivity index (χ0n) is 9.90. The molecule has 0 amide bonds. The van der Waals surface area contributed by atoms with E-state index in [1.165, 1.54) is 13.5 Å². The smallest absolute Gasteiger partial charge is 0.316 e. The predicted octanol–water partition coefficient (Wildman–Crippen LogP) is 2.92. The Kier molecular flexibility index (Phi) is 2.99. The molecular weight excluding hydrogens is 200 g/mol. The van der Waals surface area contributed by atoms with Gasteiger partial charge in [-0.3, -0.25) is 4.79 Å². The summed E-state index contributed by atoms with van der Waals surface area (Å²) in [5.41, 5.74) is 0.611. The van der Waals surface area contributed by atoms with Crippen molar-refractivity contribution in [3.05, 3.63) is 35.9 Å². The van der Waals surface area contributed by atoms with Gasteiger partial charge in [-0.2, -0.15) is 0 Å². The number of carbonyl (C=O) groups excluding carboxylic acids is 1. The van der Waals surface area contributed by atoms with Crippen LogP contribution in [0.4, 0.5) is 0 Å². The minimum absolute atomic E-state index is 0.108. The molecule has 0 heterocycles. The summed E-state index contributed by atoms with van der Waals surface area (Å²) in [4.78, 5) is 12.0. The Morgan fingerprint density at radius 3 is 2.38 bits per heavy atom. The van der Waals surface area contributed by atoms with E-state index in [-0.39, 0.29) is 5.97 Å². The van der Waals surface area contributed by atoms with E-state index in [2.05, 4.69) is 0 Å². The number of hydrogen-bond acceptors (Lipinski definition) is 2. The fourth-order valence-electron chi connectivity index (χ4n) is 2.50. The maximum absolute atomic E-state index is 12.0. The lowest BCUT2D eigenvalue weighted by molar-refractivity contribution is -0.150. The molecule has 0 N–H and O–H groups in total. The second-order valence-corrected chi connectivity index (χ2v) is 4.69. The molecule has 1 aliphatic carbocycles. The van der Waals surface area contributed by atoms with Crippen LogP contribution in [0.5, 0.6) is 0 Å². The summed E-state index contributed by atoms with van der Waals surface area (Å²) in [6, 6.07) is 9.98. The Labute approximate surface area is 96.6 Å². The van der Waals surface area contributed by atoms with Crippen molar-refractivity contribution in [2.24, 2.45) is 5.92 Å².